The fourth-order valence-electron chi connectivity index (χ4n) is 8.29. The van der Waals surface area contributed by atoms with Gasteiger partial charge >= 0.3 is 0 Å². The topological polar surface area (TPSA) is 113 Å². The molecule has 0 amide bonds. The lowest BCUT2D eigenvalue weighted by molar-refractivity contribution is -0.375. The monoisotopic (exact) mass is 896 g/mol. The molecular formula is C55H60O11. The maximum atomic E-state index is 11.1. The van der Waals surface area contributed by atoms with E-state index in [0.717, 1.165) is 33.4 Å². The predicted molar refractivity (Wildman–Crippen MR) is 247 cm³/mol. The summed E-state index contributed by atoms with van der Waals surface area (Å²) in [6.45, 7) is 1.29. The molecule has 0 saturated carbocycles. The van der Waals surface area contributed by atoms with Crippen LogP contribution in [0.15, 0.2) is 182 Å². The fourth-order valence-corrected chi connectivity index (χ4v) is 8.29. The normalized spacial score (nSPS) is 25.4. The van der Waals surface area contributed by atoms with E-state index in [4.69, 9.17) is 47.4 Å². The van der Waals surface area contributed by atoms with Crippen molar-refractivity contribution < 1.29 is 52.5 Å². The highest BCUT2D eigenvalue weighted by atomic mass is 16.8. The van der Waals surface area contributed by atoms with Crippen LogP contribution in [-0.4, -0.2) is 86.8 Å². The van der Waals surface area contributed by atoms with Crippen molar-refractivity contribution in [1.29, 1.82) is 0 Å². The first-order chi connectivity index (χ1) is 32.6. The van der Waals surface area contributed by atoms with Crippen molar-refractivity contribution in [1.82, 2.24) is 0 Å². The molecular weight excluding hydrogens is 837 g/mol. The smallest absolute Gasteiger partial charge is 0.187 e. The summed E-state index contributed by atoms with van der Waals surface area (Å²) in [5.41, 5.74) is 5.83. The Kier molecular flexibility index (Phi) is 18.0. The highest BCUT2D eigenvalue weighted by Gasteiger charge is 2.54. The van der Waals surface area contributed by atoms with Gasteiger partial charge in [0.2, 0.25) is 0 Å². The van der Waals surface area contributed by atoms with E-state index < -0.39 is 68.0 Å². The minimum absolute atomic E-state index is 0.137. The summed E-state index contributed by atoms with van der Waals surface area (Å²) in [6, 6.07) is 59.7. The summed E-state index contributed by atoms with van der Waals surface area (Å²) in [6.07, 6.45) is -8.55. The zero-order chi connectivity index (χ0) is 45.2. The summed E-state index contributed by atoms with van der Waals surface area (Å²) in [4.78, 5) is 0. The van der Waals surface area contributed by atoms with E-state index in [-0.39, 0.29) is 39.6 Å². The average molecular weight is 897 g/mol. The molecule has 1 N–H and O–H groups in total. The Balaban J connectivity index is 1.17. The Hall–Kier alpha value is -5.12. The molecule has 8 rings (SSSR count). The van der Waals surface area contributed by atoms with Crippen LogP contribution >= 0.6 is 0 Å². The van der Waals surface area contributed by atoms with Gasteiger partial charge in [0.25, 0.3) is 0 Å². The molecule has 6 aromatic rings. The van der Waals surface area contributed by atoms with Crippen molar-refractivity contribution in [2.45, 2.75) is 101 Å². The van der Waals surface area contributed by atoms with Crippen molar-refractivity contribution in [3.8, 4) is 0 Å². The first kappa shape index (κ1) is 47.4. The van der Waals surface area contributed by atoms with Gasteiger partial charge in [-0.05, 0) is 33.4 Å². The molecule has 66 heavy (non-hydrogen) atoms. The Morgan fingerprint density at radius 1 is 0.364 bits per heavy atom. The largest absolute Gasteiger partial charge is 0.394 e. The second-order valence-electron chi connectivity index (χ2n) is 16.4. The Labute approximate surface area is 388 Å². The van der Waals surface area contributed by atoms with Crippen LogP contribution in [0.3, 0.4) is 0 Å². The summed E-state index contributed by atoms with van der Waals surface area (Å²) in [5.74, 6) is 0. The second kappa shape index (κ2) is 25.1. The minimum Gasteiger partial charge on any atom is -0.394 e. The van der Waals surface area contributed by atoms with Crippen LogP contribution in [0.5, 0.6) is 0 Å². The van der Waals surface area contributed by atoms with E-state index in [2.05, 4.69) is 0 Å². The van der Waals surface area contributed by atoms with Crippen LogP contribution in [0.25, 0.3) is 0 Å². The van der Waals surface area contributed by atoms with Crippen LogP contribution in [0.1, 0.15) is 33.4 Å². The molecule has 0 spiro atoms. The Morgan fingerprint density at radius 3 is 1.06 bits per heavy atom. The summed E-state index contributed by atoms with van der Waals surface area (Å²) in [5, 5.41) is 11.1. The molecule has 2 saturated heterocycles. The predicted octanol–water partition coefficient (Wildman–Crippen LogP) is 8.60. The summed E-state index contributed by atoms with van der Waals surface area (Å²) in [7, 11) is 1.55. The van der Waals surface area contributed by atoms with Gasteiger partial charge in [-0.2, -0.15) is 0 Å². The van der Waals surface area contributed by atoms with E-state index in [0.29, 0.717) is 6.61 Å². The third kappa shape index (κ3) is 13.3. The van der Waals surface area contributed by atoms with Gasteiger partial charge in [-0.1, -0.05) is 182 Å². The zero-order valence-electron chi connectivity index (χ0n) is 37.3. The Bertz CT molecular complexity index is 2220. The molecule has 0 aromatic heterocycles. The van der Waals surface area contributed by atoms with Crippen LogP contribution in [-0.2, 0) is 87.0 Å². The summed E-state index contributed by atoms with van der Waals surface area (Å²) < 4.78 is 67.5. The van der Waals surface area contributed by atoms with E-state index in [1.807, 2.05) is 182 Å². The van der Waals surface area contributed by atoms with Gasteiger partial charge in [0, 0.05) is 7.11 Å². The number of ether oxygens (including phenoxy) is 10. The molecule has 2 heterocycles. The average Bonchev–Trinajstić information content (AvgIpc) is 3.38. The van der Waals surface area contributed by atoms with Crippen LogP contribution in [0.2, 0.25) is 0 Å². The third-order valence-corrected chi connectivity index (χ3v) is 11.7. The van der Waals surface area contributed by atoms with Crippen LogP contribution in [0, 0.1) is 0 Å². The SMILES string of the molecule is CO[C@@H]1O[C@H](CO)[C@H](OC2O[C@H](COCc3ccccc3)[C@H](OCc3ccccc3)[C@H](OCc3ccccc3)[C@H]2OCc2ccccc2)[C@H](OCc2ccccc2)[C@H]1OCc1ccccc1. The first-order valence-electron chi connectivity index (χ1n) is 22.6. The number of hydrogen-bond acceptors (Lipinski definition) is 11. The molecule has 2 aliphatic heterocycles. The molecule has 2 aliphatic rings. The molecule has 11 nitrogen and oxygen atoms in total. The number of methoxy groups -OCH3 is 1. The number of hydrogen-bond donors (Lipinski definition) is 1. The van der Waals surface area contributed by atoms with Gasteiger partial charge in [-0.25, -0.2) is 0 Å². The van der Waals surface area contributed by atoms with Crippen LogP contribution < -0.4 is 0 Å². The molecule has 2 fully saturated rings. The lowest BCUT2D eigenvalue weighted by atomic mass is 9.95. The second-order valence-corrected chi connectivity index (χ2v) is 16.4. The highest BCUT2D eigenvalue weighted by Crippen LogP contribution is 2.36. The third-order valence-electron chi connectivity index (χ3n) is 11.7. The lowest BCUT2D eigenvalue weighted by Gasteiger charge is -2.50. The number of rotatable bonds is 23. The minimum atomic E-state index is -1.12. The van der Waals surface area contributed by atoms with Gasteiger partial charge in [-0.15, -0.1) is 0 Å². The van der Waals surface area contributed by atoms with Crippen LogP contribution in [0.4, 0.5) is 0 Å². The number of benzene rings is 6. The van der Waals surface area contributed by atoms with Crippen molar-refractivity contribution in [2.24, 2.45) is 0 Å². The lowest BCUT2D eigenvalue weighted by Crippen LogP contribution is -2.66. The maximum absolute atomic E-state index is 11.1. The number of aliphatic hydroxyl groups excluding tert-OH is 1. The van der Waals surface area contributed by atoms with Crippen molar-refractivity contribution in [3.63, 3.8) is 0 Å². The molecule has 0 aliphatic carbocycles. The highest BCUT2D eigenvalue weighted by molar-refractivity contribution is 5.18. The molecule has 10 atom stereocenters. The van der Waals surface area contributed by atoms with Crippen molar-refractivity contribution >= 4 is 0 Å². The van der Waals surface area contributed by atoms with E-state index in [9.17, 15) is 5.11 Å². The van der Waals surface area contributed by atoms with E-state index in [1.165, 1.54) is 0 Å². The molecule has 1 unspecified atom stereocenters. The Morgan fingerprint density at radius 2 is 0.682 bits per heavy atom. The number of aliphatic hydroxyl groups is 1. The zero-order valence-corrected chi connectivity index (χ0v) is 37.3. The van der Waals surface area contributed by atoms with Gasteiger partial charge in [-0.3, -0.25) is 0 Å². The van der Waals surface area contributed by atoms with Crippen molar-refractivity contribution in [3.05, 3.63) is 215 Å². The quantitative estimate of drug-likeness (QED) is 0.0668. The van der Waals surface area contributed by atoms with Gasteiger partial charge in [0.05, 0.1) is 52.9 Å². The first-order valence-corrected chi connectivity index (χ1v) is 22.6. The van der Waals surface area contributed by atoms with Crippen molar-refractivity contribution in [2.75, 3.05) is 20.3 Å². The maximum Gasteiger partial charge on any atom is 0.187 e. The van der Waals surface area contributed by atoms with Gasteiger partial charge in [0.1, 0.15) is 48.8 Å². The standard InChI is InChI=1S/C55H60O11/c1-57-54-52(62-37-44-28-16-6-17-29-44)51(61-36-43-26-14-5-15-27-43)49(46(32-56)64-54)66-55-53(63-38-45-30-18-7-19-31-45)50(60-35-42-24-12-4-13-25-42)48(59-34-41-22-10-3-11-23-41)47(65-55)39-58-33-40-20-8-2-9-21-40/h2-31,46-56H,32-39H2,1H3/t46-,47-,48+,49+,50+,51+,52-,53-,54-,55?/m1/s1. The van der Waals surface area contributed by atoms with Gasteiger partial charge < -0.3 is 52.5 Å². The molecule has 0 radical (unpaired) electrons. The molecule has 0 bridgehead atoms. The fraction of sp³-hybridized carbons (Fsp3) is 0.345. The molecule has 346 valence electrons. The van der Waals surface area contributed by atoms with E-state index in [1.54, 1.807) is 7.11 Å². The summed E-state index contributed by atoms with van der Waals surface area (Å²) >= 11 is 0. The molecule has 11 heteroatoms. The van der Waals surface area contributed by atoms with E-state index >= 15 is 0 Å². The molecule has 6 aromatic carbocycles. The van der Waals surface area contributed by atoms with Gasteiger partial charge in [0.15, 0.2) is 12.6 Å².